The zero-order valence-corrected chi connectivity index (χ0v) is 20.5. The van der Waals surface area contributed by atoms with E-state index in [1.165, 1.54) is 37.8 Å². The molecule has 0 saturated carbocycles. The number of hydrogen-bond acceptors (Lipinski definition) is 5. The highest BCUT2D eigenvalue weighted by atomic mass is 35.5. The van der Waals surface area contributed by atoms with Crippen molar-refractivity contribution < 1.29 is 13.9 Å². The molecule has 2 fully saturated rings. The zero-order chi connectivity index (χ0) is 24.1. The van der Waals surface area contributed by atoms with E-state index in [0.29, 0.717) is 47.2 Å². The van der Waals surface area contributed by atoms with Gasteiger partial charge in [0.1, 0.15) is 17.7 Å². The Morgan fingerprint density at radius 2 is 2.03 bits per heavy atom. The van der Waals surface area contributed by atoms with Crippen LogP contribution in [0.4, 0.5) is 4.39 Å². The van der Waals surface area contributed by atoms with Crippen molar-refractivity contribution in [2.24, 2.45) is 0 Å². The van der Waals surface area contributed by atoms with Gasteiger partial charge in [-0.15, -0.1) is 0 Å². The summed E-state index contributed by atoms with van der Waals surface area (Å²) in [6.45, 7) is 4.13. The van der Waals surface area contributed by atoms with E-state index in [2.05, 4.69) is 21.9 Å². The number of aromatic nitrogens is 3. The molecule has 9 heteroatoms. The lowest BCUT2D eigenvalue weighted by atomic mass is 9.99. The van der Waals surface area contributed by atoms with Crippen LogP contribution in [-0.2, 0) is 13.1 Å². The van der Waals surface area contributed by atoms with Crippen LogP contribution < -0.4 is 4.74 Å². The summed E-state index contributed by atoms with van der Waals surface area (Å²) in [4.78, 5) is 22.3. The monoisotopic (exact) mass is 497 g/mol. The van der Waals surface area contributed by atoms with Gasteiger partial charge in [0.05, 0.1) is 35.6 Å². The maximum Gasteiger partial charge on any atom is 0.258 e. The van der Waals surface area contributed by atoms with Gasteiger partial charge >= 0.3 is 0 Å². The number of halogens is 2. The van der Waals surface area contributed by atoms with Gasteiger partial charge in [0, 0.05) is 29.9 Å². The summed E-state index contributed by atoms with van der Waals surface area (Å²) in [7, 11) is 0. The predicted molar refractivity (Wildman–Crippen MR) is 130 cm³/mol. The van der Waals surface area contributed by atoms with Crippen molar-refractivity contribution in [3.05, 3.63) is 58.3 Å². The van der Waals surface area contributed by atoms with Crippen LogP contribution in [0, 0.1) is 5.82 Å². The van der Waals surface area contributed by atoms with Crippen LogP contribution in [0.25, 0.3) is 5.65 Å². The number of unbranched alkanes of at least 4 members (excludes halogenated alkanes) is 1. The number of hydrogen-bond donors (Lipinski definition) is 0. The standard InChI is InChI=1S/C26H29ClFN5O2/c1-2-3-8-32-18-5-6-19(32)11-20(10-18)35-24-9-17(28)4-7-21(24)26(34)31-14-22-23(15-31)30-33-13-16(27)12-29-25(22)33/h4,7,9,12-13,18-20H,2-3,5-6,8,10-11,14-15H2,1H3/t18-,19-/m0/s1. The number of rotatable bonds is 6. The van der Waals surface area contributed by atoms with Gasteiger partial charge in [-0.1, -0.05) is 24.9 Å². The Balaban J connectivity index is 1.19. The molecule has 6 rings (SSSR count). The van der Waals surface area contributed by atoms with Crippen LogP contribution in [0.1, 0.15) is 67.1 Å². The van der Waals surface area contributed by atoms with Crippen molar-refractivity contribution in [1.82, 2.24) is 24.4 Å². The molecule has 184 valence electrons. The molecule has 0 unspecified atom stereocenters. The van der Waals surface area contributed by atoms with Crippen molar-refractivity contribution in [3.63, 3.8) is 0 Å². The first-order valence-electron chi connectivity index (χ1n) is 12.5. The third-order valence-electron chi connectivity index (χ3n) is 7.67. The number of fused-ring (bicyclic) bond motifs is 5. The van der Waals surface area contributed by atoms with Crippen LogP contribution in [0.2, 0.25) is 5.02 Å². The molecule has 2 saturated heterocycles. The smallest absolute Gasteiger partial charge is 0.258 e. The Morgan fingerprint density at radius 1 is 1.23 bits per heavy atom. The summed E-state index contributed by atoms with van der Waals surface area (Å²) >= 11 is 6.03. The molecule has 5 heterocycles. The summed E-state index contributed by atoms with van der Waals surface area (Å²) in [6.07, 6.45) is 9.92. The number of benzene rings is 1. The first kappa shape index (κ1) is 22.7. The van der Waals surface area contributed by atoms with Gasteiger partial charge in [-0.3, -0.25) is 9.69 Å². The normalized spacial score (nSPS) is 23.7. The molecule has 0 spiro atoms. The van der Waals surface area contributed by atoms with E-state index in [9.17, 15) is 9.18 Å². The second-order valence-electron chi connectivity index (χ2n) is 9.95. The van der Waals surface area contributed by atoms with Crippen molar-refractivity contribution in [1.29, 1.82) is 0 Å². The minimum atomic E-state index is -0.400. The van der Waals surface area contributed by atoms with Crippen LogP contribution >= 0.6 is 11.6 Å². The highest BCUT2D eigenvalue weighted by Gasteiger charge is 2.41. The fraction of sp³-hybridized carbons (Fsp3) is 0.500. The molecule has 3 aromatic rings. The van der Waals surface area contributed by atoms with E-state index in [1.54, 1.807) is 27.9 Å². The molecular formula is C26H29ClFN5O2. The highest BCUT2D eigenvalue weighted by molar-refractivity contribution is 6.30. The lowest BCUT2D eigenvalue weighted by Gasteiger charge is -2.39. The van der Waals surface area contributed by atoms with Crippen molar-refractivity contribution in [2.45, 2.75) is 76.7 Å². The van der Waals surface area contributed by atoms with Gasteiger partial charge in [-0.25, -0.2) is 13.9 Å². The summed E-state index contributed by atoms with van der Waals surface area (Å²) in [5, 5.41) is 5.05. The first-order chi connectivity index (χ1) is 17.0. The molecule has 2 aromatic heterocycles. The Labute approximate surface area is 208 Å². The largest absolute Gasteiger partial charge is 0.489 e. The van der Waals surface area contributed by atoms with Gasteiger partial charge in [-0.2, -0.15) is 5.10 Å². The van der Waals surface area contributed by atoms with Crippen LogP contribution in [0.3, 0.4) is 0 Å². The van der Waals surface area contributed by atoms with E-state index < -0.39 is 5.82 Å². The number of nitrogens with zero attached hydrogens (tertiary/aromatic N) is 5. The molecule has 35 heavy (non-hydrogen) atoms. The van der Waals surface area contributed by atoms with Gasteiger partial charge in [0.2, 0.25) is 0 Å². The molecule has 3 aliphatic heterocycles. The highest BCUT2D eigenvalue weighted by Crippen LogP contribution is 2.38. The average Bonchev–Trinajstić information content (AvgIpc) is 3.46. The SMILES string of the molecule is CCCCN1[C@H]2CC[C@H]1CC(Oc1cc(F)ccc1C(=O)N1Cc3nn4cc(Cl)cnc4c3C1)C2. The number of ether oxygens (including phenoxy) is 1. The minimum absolute atomic E-state index is 0.00680. The molecule has 7 nitrogen and oxygen atoms in total. The molecule has 0 aliphatic carbocycles. The molecule has 1 aromatic carbocycles. The number of piperidine rings is 1. The van der Waals surface area contributed by atoms with E-state index >= 15 is 0 Å². The Hall–Kier alpha value is -2.71. The molecule has 1 amide bonds. The number of carbonyl (C=O) groups is 1. The third-order valence-corrected chi connectivity index (χ3v) is 7.87. The van der Waals surface area contributed by atoms with Crippen molar-refractivity contribution in [2.75, 3.05) is 6.54 Å². The van der Waals surface area contributed by atoms with E-state index in [0.717, 1.165) is 30.6 Å². The minimum Gasteiger partial charge on any atom is -0.489 e. The van der Waals surface area contributed by atoms with E-state index in [4.69, 9.17) is 16.3 Å². The molecule has 2 bridgehead atoms. The van der Waals surface area contributed by atoms with E-state index in [1.807, 2.05) is 0 Å². The predicted octanol–water partition coefficient (Wildman–Crippen LogP) is 4.85. The molecule has 2 atom stereocenters. The lowest BCUT2D eigenvalue weighted by Crippen LogP contribution is -2.46. The van der Waals surface area contributed by atoms with Gasteiger partial charge in [0.15, 0.2) is 5.65 Å². The van der Waals surface area contributed by atoms with Crippen LogP contribution in [-0.4, -0.2) is 55.0 Å². The summed E-state index contributed by atoms with van der Waals surface area (Å²) in [5.74, 6) is -0.248. The van der Waals surface area contributed by atoms with Crippen molar-refractivity contribution >= 4 is 23.2 Å². The second-order valence-corrected chi connectivity index (χ2v) is 10.4. The molecule has 3 aliphatic rings. The lowest BCUT2D eigenvalue weighted by molar-refractivity contribution is 0.0471. The third kappa shape index (κ3) is 4.16. The van der Waals surface area contributed by atoms with Gasteiger partial charge in [0.25, 0.3) is 5.91 Å². The Morgan fingerprint density at radius 3 is 2.80 bits per heavy atom. The van der Waals surface area contributed by atoms with Crippen molar-refractivity contribution in [3.8, 4) is 5.75 Å². The van der Waals surface area contributed by atoms with Crippen LogP contribution in [0.5, 0.6) is 5.75 Å². The fourth-order valence-electron chi connectivity index (χ4n) is 6.01. The Kier molecular flexibility index (Phi) is 5.89. The number of carbonyl (C=O) groups excluding carboxylic acids is 1. The quantitative estimate of drug-likeness (QED) is 0.487. The average molecular weight is 498 g/mol. The second kappa shape index (κ2) is 9.06. The Bertz CT molecular complexity index is 1270. The number of amides is 1. The molecular weight excluding hydrogens is 469 g/mol. The fourth-order valence-corrected chi connectivity index (χ4v) is 6.15. The topological polar surface area (TPSA) is 63.0 Å². The van der Waals surface area contributed by atoms with Gasteiger partial charge in [-0.05, 0) is 50.8 Å². The van der Waals surface area contributed by atoms with Gasteiger partial charge < -0.3 is 9.64 Å². The first-order valence-corrected chi connectivity index (χ1v) is 12.9. The maximum atomic E-state index is 14.2. The van der Waals surface area contributed by atoms with E-state index in [-0.39, 0.29) is 12.0 Å². The molecule has 0 radical (unpaired) electrons. The summed E-state index contributed by atoms with van der Waals surface area (Å²) in [6, 6.07) is 5.26. The summed E-state index contributed by atoms with van der Waals surface area (Å²) in [5.41, 5.74) is 2.80. The summed E-state index contributed by atoms with van der Waals surface area (Å²) < 4.78 is 22.3. The van der Waals surface area contributed by atoms with Crippen LogP contribution in [0.15, 0.2) is 30.6 Å². The zero-order valence-electron chi connectivity index (χ0n) is 19.8. The molecule has 0 N–H and O–H groups in total. The maximum absolute atomic E-state index is 14.2.